The fourth-order valence-electron chi connectivity index (χ4n) is 4.30. The van der Waals surface area contributed by atoms with Gasteiger partial charge in [-0.1, -0.05) is 24.6 Å². The first-order chi connectivity index (χ1) is 16.7. The Kier molecular flexibility index (Phi) is 9.65. The minimum atomic E-state index is -1.24. The molecule has 0 aliphatic rings. The summed E-state index contributed by atoms with van der Waals surface area (Å²) >= 11 is 0. The van der Waals surface area contributed by atoms with E-state index in [0.717, 1.165) is 34.7 Å². The maximum Gasteiger partial charge on any atom is 0.162 e. The molecule has 188 valence electrons. The summed E-state index contributed by atoms with van der Waals surface area (Å²) in [6.45, 7) is 0. The molecule has 0 aliphatic heterocycles. The molecule has 0 spiro atoms. The van der Waals surface area contributed by atoms with E-state index in [-0.39, 0.29) is 36.4 Å². The first-order valence-corrected chi connectivity index (χ1v) is 12.0. The van der Waals surface area contributed by atoms with Gasteiger partial charge in [-0.15, -0.1) is 0 Å². The molecule has 2 aromatic carbocycles. The zero-order chi connectivity index (χ0) is 25.4. The van der Waals surface area contributed by atoms with E-state index in [1.807, 2.05) is 30.5 Å². The summed E-state index contributed by atoms with van der Waals surface area (Å²) in [7, 11) is 0. The van der Waals surface area contributed by atoms with Gasteiger partial charge in [0.1, 0.15) is 23.5 Å². The highest BCUT2D eigenvalue weighted by Gasteiger charge is 2.23. The molecule has 3 atom stereocenters. The largest absolute Gasteiger partial charge is 0.384 e. The molecule has 0 saturated carbocycles. The fraction of sp³-hybridized carbons (Fsp3) is 0.407. The molecule has 1 heterocycles. The number of Topliss-reactive ketones (excluding diaryl/α,β-unsaturated/α-hetero) is 2. The number of carbonyl (C=O) groups excluding carboxylic acids is 2. The van der Waals surface area contributed by atoms with Crippen LogP contribution in [-0.2, 0) is 22.4 Å². The molecule has 0 radical (unpaired) electrons. The van der Waals surface area contributed by atoms with Crippen LogP contribution in [0.3, 0.4) is 0 Å². The van der Waals surface area contributed by atoms with Crippen LogP contribution in [0.15, 0.2) is 48.7 Å². The summed E-state index contributed by atoms with van der Waals surface area (Å²) < 4.78 is 27.0. The molecule has 0 saturated heterocycles. The van der Waals surface area contributed by atoms with Crippen LogP contribution in [0, 0.1) is 11.6 Å². The number of hydrogen-bond donors (Lipinski definition) is 4. The van der Waals surface area contributed by atoms with Crippen molar-refractivity contribution in [2.45, 2.75) is 69.6 Å². The maximum absolute atomic E-state index is 13.7. The van der Waals surface area contributed by atoms with Crippen molar-refractivity contribution in [3.8, 4) is 0 Å². The maximum atomic E-state index is 13.7. The highest BCUT2D eigenvalue weighted by Crippen LogP contribution is 2.20. The Morgan fingerprint density at radius 1 is 0.943 bits per heavy atom. The second kappa shape index (κ2) is 12.7. The van der Waals surface area contributed by atoms with E-state index < -0.39 is 29.8 Å². The Bertz CT molecular complexity index is 1150. The molecule has 35 heavy (non-hydrogen) atoms. The Morgan fingerprint density at radius 2 is 1.69 bits per heavy atom. The number of hydrogen-bond acceptors (Lipinski definition) is 5. The number of unbranched alkanes of at least 4 members (excludes halogenated alkanes) is 2. The Balaban J connectivity index is 1.32. The van der Waals surface area contributed by atoms with E-state index in [1.54, 1.807) is 0 Å². The summed E-state index contributed by atoms with van der Waals surface area (Å²) in [6, 6.07) is 9.67. The van der Waals surface area contributed by atoms with Crippen LogP contribution in [0.5, 0.6) is 0 Å². The molecule has 0 aliphatic carbocycles. The summed E-state index contributed by atoms with van der Waals surface area (Å²) in [4.78, 5) is 27.7. The van der Waals surface area contributed by atoms with Crippen molar-refractivity contribution >= 4 is 22.5 Å². The third kappa shape index (κ3) is 7.78. The predicted octanol–water partition coefficient (Wildman–Crippen LogP) is 3.73. The topological polar surface area (TPSA) is 122 Å². The number of aromatic amines is 1. The van der Waals surface area contributed by atoms with Gasteiger partial charge in [0, 0.05) is 48.4 Å². The van der Waals surface area contributed by atoms with Gasteiger partial charge in [-0.2, -0.15) is 0 Å². The van der Waals surface area contributed by atoms with Crippen LogP contribution in [-0.4, -0.2) is 39.8 Å². The molecular formula is C27H33F2N3O3. The molecule has 8 heteroatoms. The first kappa shape index (κ1) is 26.7. The van der Waals surface area contributed by atoms with Crippen molar-refractivity contribution in [3.05, 3.63) is 71.4 Å². The average molecular weight is 486 g/mol. The molecule has 6 nitrogen and oxygen atoms in total. The van der Waals surface area contributed by atoms with E-state index >= 15 is 0 Å². The lowest BCUT2D eigenvalue weighted by molar-refractivity contribution is -0.128. The van der Waals surface area contributed by atoms with Gasteiger partial charge >= 0.3 is 0 Å². The van der Waals surface area contributed by atoms with Crippen molar-refractivity contribution in [2.75, 3.05) is 0 Å². The molecular weight excluding hydrogens is 452 g/mol. The molecule has 3 rings (SSSR count). The summed E-state index contributed by atoms with van der Waals surface area (Å²) in [5.41, 5.74) is 14.1. The number of aromatic nitrogens is 1. The van der Waals surface area contributed by atoms with Gasteiger partial charge in [-0.25, -0.2) is 8.78 Å². The number of benzene rings is 2. The van der Waals surface area contributed by atoms with Gasteiger partial charge in [0.15, 0.2) is 5.78 Å². The lowest BCUT2D eigenvalue weighted by Gasteiger charge is -2.17. The van der Waals surface area contributed by atoms with E-state index in [9.17, 15) is 23.5 Å². The highest BCUT2D eigenvalue weighted by molar-refractivity contribution is 5.85. The molecule has 0 fully saturated rings. The summed E-state index contributed by atoms with van der Waals surface area (Å²) in [6.07, 6.45) is 3.42. The van der Waals surface area contributed by atoms with Crippen molar-refractivity contribution in [2.24, 2.45) is 11.5 Å². The second-order valence-electron chi connectivity index (χ2n) is 9.14. The summed E-state index contributed by atoms with van der Waals surface area (Å²) in [5.74, 6) is -1.44. The number of fused-ring (bicyclic) bond motifs is 1. The molecule has 0 bridgehead atoms. The molecule has 3 unspecified atom stereocenters. The summed E-state index contributed by atoms with van der Waals surface area (Å²) in [5, 5.41) is 11.4. The Labute approximate surface area is 203 Å². The number of H-pyrrole nitrogens is 1. The molecule has 6 N–H and O–H groups in total. The van der Waals surface area contributed by atoms with Crippen molar-refractivity contribution in [1.29, 1.82) is 0 Å². The number of aliphatic hydroxyl groups excluding tert-OH is 1. The van der Waals surface area contributed by atoms with Crippen molar-refractivity contribution in [3.63, 3.8) is 0 Å². The second-order valence-corrected chi connectivity index (χ2v) is 9.14. The average Bonchev–Trinajstić information content (AvgIpc) is 3.23. The number of halogens is 2. The lowest BCUT2D eigenvalue weighted by Crippen LogP contribution is -2.42. The van der Waals surface area contributed by atoms with Crippen LogP contribution < -0.4 is 11.5 Å². The highest BCUT2D eigenvalue weighted by atomic mass is 19.1. The minimum absolute atomic E-state index is 0.0542. The number of ketones is 2. The third-order valence-electron chi connectivity index (χ3n) is 6.22. The van der Waals surface area contributed by atoms with Crippen LogP contribution in [0.1, 0.15) is 49.7 Å². The van der Waals surface area contributed by atoms with Crippen molar-refractivity contribution < 1.29 is 23.5 Å². The van der Waals surface area contributed by atoms with Gasteiger partial charge in [0.25, 0.3) is 0 Å². The van der Waals surface area contributed by atoms with Crippen LogP contribution in [0.25, 0.3) is 10.9 Å². The molecule has 1 aromatic heterocycles. The zero-order valence-electron chi connectivity index (χ0n) is 19.7. The monoisotopic (exact) mass is 485 g/mol. The third-order valence-corrected chi connectivity index (χ3v) is 6.22. The number of rotatable bonds is 14. The van der Waals surface area contributed by atoms with Gasteiger partial charge in [-0.05, 0) is 61.1 Å². The number of carbonyl (C=O) groups is 2. The number of para-hydroxylation sites is 1. The SMILES string of the molecule is NC(CC(=O)CCCCCC(=O)C(O)C(N)Cc1c[nH]c2ccccc12)Cc1cc(F)ccc1F. The van der Waals surface area contributed by atoms with E-state index in [1.165, 1.54) is 0 Å². The van der Waals surface area contributed by atoms with Crippen LogP contribution in [0.2, 0.25) is 0 Å². The predicted molar refractivity (Wildman–Crippen MR) is 132 cm³/mol. The Morgan fingerprint density at radius 3 is 2.49 bits per heavy atom. The smallest absolute Gasteiger partial charge is 0.162 e. The number of nitrogens with one attached hydrogen (secondary N) is 1. The van der Waals surface area contributed by atoms with Gasteiger partial charge in [0.2, 0.25) is 0 Å². The van der Waals surface area contributed by atoms with Gasteiger partial charge in [0.05, 0.1) is 0 Å². The first-order valence-electron chi connectivity index (χ1n) is 12.0. The van der Waals surface area contributed by atoms with Gasteiger partial charge in [-0.3, -0.25) is 9.59 Å². The van der Waals surface area contributed by atoms with Crippen LogP contribution in [0.4, 0.5) is 8.78 Å². The lowest BCUT2D eigenvalue weighted by atomic mass is 9.96. The number of aliphatic hydroxyl groups is 1. The van der Waals surface area contributed by atoms with Gasteiger partial charge < -0.3 is 21.6 Å². The van der Waals surface area contributed by atoms with Crippen molar-refractivity contribution in [1.82, 2.24) is 4.98 Å². The fourth-order valence-corrected chi connectivity index (χ4v) is 4.30. The zero-order valence-corrected chi connectivity index (χ0v) is 19.7. The van der Waals surface area contributed by atoms with E-state index in [4.69, 9.17) is 11.5 Å². The van der Waals surface area contributed by atoms with Crippen LogP contribution >= 0.6 is 0 Å². The quantitative estimate of drug-likeness (QED) is 0.259. The minimum Gasteiger partial charge on any atom is -0.384 e. The normalized spacial score (nSPS) is 14.1. The molecule has 3 aromatic rings. The standard InChI is InChI=1S/C27H33F2N3O3/c28-19-10-11-23(29)17(12-19)13-20(30)15-21(33)6-2-1-3-9-26(34)27(35)24(31)14-18-16-32-25-8-5-4-7-22(18)25/h4-5,7-8,10-12,16,20,24,27,32,35H,1-3,6,9,13-15,30-31H2. The van der Waals surface area contributed by atoms with E-state index in [0.29, 0.717) is 32.1 Å². The van der Waals surface area contributed by atoms with E-state index in [2.05, 4.69) is 4.98 Å². The Hall–Kier alpha value is -2.94. The molecule has 0 amide bonds. The number of nitrogens with two attached hydrogens (primary N) is 2.